The summed E-state index contributed by atoms with van der Waals surface area (Å²) in [5.41, 5.74) is 16.1. The van der Waals surface area contributed by atoms with Crippen molar-refractivity contribution in [3.63, 3.8) is 0 Å². The maximum Gasteiger partial charge on any atom is 0.185 e. The van der Waals surface area contributed by atoms with Gasteiger partial charge in [0.25, 0.3) is 0 Å². The Hall–Kier alpha value is -1.09. The van der Waals surface area contributed by atoms with E-state index in [0.717, 1.165) is 0 Å². The van der Waals surface area contributed by atoms with Crippen LogP contribution in [0.2, 0.25) is 0 Å². The third kappa shape index (κ3) is 7.35. The van der Waals surface area contributed by atoms with E-state index in [1.54, 1.807) is 7.05 Å². The van der Waals surface area contributed by atoms with Gasteiger partial charge in [0.2, 0.25) is 0 Å². The van der Waals surface area contributed by atoms with Crippen molar-refractivity contribution in [3.8, 4) is 0 Å². The summed E-state index contributed by atoms with van der Waals surface area (Å²) in [6.07, 6.45) is -5.69. The van der Waals surface area contributed by atoms with Gasteiger partial charge in [-0.15, -0.1) is 0 Å². The van der Waals surface area contributed by atoms with E-state index >= 15 is 0 Å². The number of hydrogen-bond acceptors (Lipinski definition) is 15. The van der Waals surface area contributed by atoms with Gasteiger partial charge in [0.1, 0.15) is 35.9 Å². The second kappa shape index (κ2) is 13.7. The number of aliphatic hydroxyl groups excluding tert-OH is 3. The van der Waals surface area contributed by atoms with Crippen LogP contribution in [0.25, 0.3) is 0 Å². The predicted octanol–water partition coefficient (Wildman–Crippen LogP) is -5.19. The lowest BCUT2D eigenvalue weighted by molar-refractivity contribution is -0.306. The number of nitrogens with two attached hydrogens (primary N) is 3. The molecule has 0 radical (unpaired) electrons. The van der Waals surface area contributed by atoms with Crippen LogP contribution in [0.1, 0.15) is 26.2 Å². The van der Waals surface area contributed by atoms with Gasteiger partial charge < -0.3 is 77.1 Å². The summed E-state index contributed by atoms with van der Waals surface area (Å²) in [7, 11) is 1.60. The first-order valence-corrected chi connectivity index (χ1v) is 14.2. The molecule has 13 N–H and O–H groups in total. The molecule has 3 saturated heterocycles. The van der Waals surface area contributed by atoms with Gasteiger partial charge in [0.05, 0.1) is 50.7 Å². The van der Waals surface area contributed by atoms with Gasteiger partial charge in [0, 0.05) is 19.1 Å². The molecule has 0 aromatic rings. The number of likely N-dealkylation sites (N-methyl/N-ethyl adjacent to an activating group) is 1. The fourth-order valence-corrected chi connectivity index (χ4v) is 5.81. The van der Waals surface area contributed by atoms with Crippen molar-refractivity contribution in [2.75, 3.05) is 46.6 Å². The maximum absolute atomic E-state index is 11.6. The summed E-state index contributed by atoms with van der Waals surface area (Å²) in [5.74, 6) is -0.0851. The van der Waals surface area contributed by atoms with Crippen molar-refractivity contribution in [3.05, 3.63) is 0 Å². The zero-order valence-corrected chi connectivity index (χ0v) is 23.7. The summed E-state index contributed by atoms with van der Waals surface area (Å²) in [6.45, 7) is 2.27. The minimum atomic E-state index is -1.44. The van der Waals surface area contributed by atoms with Crippen LogP contribution >= 0.6 is 0 Å². The number of rotatable bonds is 11. The second-order valence-electron chi connectivity index (χ2n) is 11.8. The third-order valence-corrected chi connectivity index (χ3v) is 8.33. The lowest BCUT2D eigenvalue weighted by Gasteiger charge is -2.48. The average Bonchev–Trinajstić information content (AvgIpc) is 2.90. The minimum absolute atomic E-state index is 0.00126. The number of hydrogen-bond donors (Lipinski definition) is 10. The molecule has 3 aliphatic heterocycles. The van der Waals surface area contributed by atoms with E-state index < -0.39 is 72.4 Å². The van der Waals surface area contributed by atoms with Gasteiger partial charge in [-0.1, -0.05) is 0 Å². The lowest BCUT2D eigenvalue weighted by Crippen LogP contribution is -2.68. The van der Waals surface area contributed by atoms with Gasteiger partial charge >= 0.3 is 0 Å². The number of nitrogens with one attached hydrogen (secondary N) is 2. The standard InChI is InChI=1S/C25H48N6O10/c1-24(35)9-38-22(17(34)20(24)29-2)41-19-15(31-23(28)25(36)10-37-11-25)7-14(27)18(16(19)33)40-21-13(26)4-3-12(39-21)8-30-5-6-32/h12-22,29-30,32-36H,3-11,26-27H2,1-2H3,(H2,28,31). The minimum Gasteiger partial charge on any atom is -0.395 e. The van der Waals surface area contributed by atoms with E-state index in [2.05, 4.69) is 15.6 Å². The molecule has 12 atom stereocenters. The Morgan fingerprint density at radius 3 is 2.37 bits per heavy atom. The van der Waals surface area contributed by atoms with E-state index in [-0.39, 0.29) is 44.8 Å². The van der Waals surface area contributed by atoms with Crippen LogP contribution in [-0.4, -0.2) is 156 Å². The Morgan fingerprint density at radius 2 is 1.73 bits per heavy atom. The highest BCUT2D eigenvalue weighted by atomic mass is 16.7. The quantitative estimate of drug-likeness (QED) is 0.0611. The highest BCUT2D eigenvalue weighted by molar-refractivity contribution is 5.90. The molecule has 0 aromatic carbocycles. The molecule has 0 amide bonds. The SMILES string of the molecule is CNC1C(O)C(OC2C(N=C(N)C3(O)COC3)CC(N)C(OC3OC(CNCCO)CCC3N)C2O)OCC1(C)O. The summed E-state index contributed by atoms with van der Waals surface area (Å²) in [4.78, 5) is 4.48. The Bertz CT molecular complexity index is 882. The van der Waals surface area contributed by atoms with E-state index in [4.69, 9.17) is 46.0 Å². The molecular weight excluding hydrogens is 544 g/mol. The third-order valence-electron chi connectivity index (χ3n) is 8.33. The lowest BCUT2D eigenvalue weighted by atomic mass is 9.83. The number of nitrogens with zero attached hydrogens (tertiary/aromatic N) is 1. The van der Waals surface area contributed by atoms with Gasteiger partial charge in [-0.05, 0) is 33.2 Å². The van der Waals surface area contributed by atoms with Crippen LogP contribution in [0.4, 0.5) is 0 Å². The molecule has 1 aliphatic carbocycles. The maximum atomic E-state index is 11.6. The molecule has 0 aromatic heterocycles. The highest BCUT2D eigenvalue weighted by Crippen LogP contribution is 2.33. The average molecular weight is 593 g/mol. The van der Waals surface area contributed by atoms with Gasteiger partial charge in [-0.2, -0.15) is 0 Å². The van der Waals surface area contributed by atoms with Crippen molar-refractivity contribution < 1.29 is 49.2 Å². The van der Waals surface area contributed by atoms with Crippen LogP contribution < -0.4 is 27.8 Å². The molecule has 12 unspecified atom stereocenters. The molecule has 4 fully saturated rings. The summed E-state index contributed by atoms with van der Waals surface area (Å²) in [6, 6.07) is -2.84. The molecule has 1 saturated carbocycles. The predicted molar refractivity (Wildman–Crippen MR) is 145 cm³/mol. The summed E-state index contributed by atoms with van der Waals surface area (Å²) in [5, 5.41) is 58.8. The topological polar surface area (TPSA) is 262 Å². The molecule has 238 valence electrons. The van der Waals surface area contributed by atoms with E-state index in [0.29, 0.717) is 25.9 Å². The molecule has 16 heteroatoms. The molecule has 4 aliphatic rings. The van der Waals surface area contributed by atoms with Crippen LogP contribution in [-0.2, 0) is 23.7 Å². The number of amidine groups is 1. The molecular formula is C25H48N6O10. The van der Waals surface area contributed by atoms with Crippen LogP contribution in [0.5, 0.6) is 0 Å². The first kappa shape index (κ1) is 32.8. The highest BCUT2D eigenvalue weighted by Gasteiger charge is 2.52. The largest absolute Gasteiger partial charge is 0.395 e. The molecule has 41 heavy (non-hydrogen) atoms. The zero-order chi connectivity index (χ0) is 29.9. The molecule has 0 spiro atoms. The zero-order valence-electron chi connectivity index (χ0n) is 23.7. The molecule has 3 heterocycles. The van der Waals surface area contributed by atoms with Gasteiger partial charge in [0.15, 0.2) is 18.2 Å². The van der Waals surface area contributed by atoms with Crippen molar-refractivity contribution >= 4 is 5.84 Å². The van der Waals surface area contributed by atoms with Gasteiger partial charge in [-0.3, -0.25) is 4.99 Å². The molecule has 16 nitrogen and oxygen atoms in total. The van der Waals surface area contributed by atoms with Crippen molar-refractivity contribution in [2.24, 2.45) is 22.2 Å². The Kier molecular flexibility index (Phi) is 11.0. The van der Waals surface area contributed by atoms with Crippen molar-refractivity contribution in [1.82, 2.24) is 10.6 Å². The van der Waals surface area contributed by atoms with Crippen molar-refractivity contribution in [2.45, 2.75) is 105 Å². The fraction of sp³-hybridized carbons (Fsp3) is 0.960. The molecule has 0 bridgehead atoms. The number of ether oxygens (including phenoxy) is 5. The monoisotopic (exact) mass is 592 g/mol. The molecule has 4 rings (SSSR count). The van der Waals surface area contributed by atoms with Crippen LogP contribution in [0.15, 0.2) is 4.99 Å². The van der Waals surface area contributed by atoms with E-state index in [9.17, 15) is 20.4 Å². The Labute approximate surface area is 239 Å². The van der Waals surface area contributed by atoms with Crippen molar-refractivity contribution in [1.29, 1.82) is 0 Å². The number of aliphatic hydroxyl groups is 5. The van der Waals surface area contributed by atoms with Gasteiger partial charge in [-0.25, -0.2) is 0 Å². The number of aliphatic imine (C=N–C) groups is 1. The van der Waals surface area contributed by atoms with Crippen LogP contribution in [0.3, 0.4) is 0 Å². The first-order valence-electron chi connectivity index (χ1n) is 14.2. The normalized spacial score (nSPS) is 45.3. The summed E-state index contributed by atoms with van der Waals surface area (Å²) >= 11 is 0. The fourth-order valence-electron chi connectivity index (χ4n) is 5.81. The van der Waals surface area contributed by atoms with E-state index in [1.165, 1.54) is 6.92 Å². The van der Waals surface area contributed by atoms with E-state index in [1.807, 2.05) is 0 Å². The first-order chi connectivity index (χ1) is 19.4. The summed E-state index contributed by atoms with van der Waals surface area (Å²) < 4.78 is 29.2. The second-order valence-corrected chi connectivity index (χ2v) is 11.8. The smallest absolute Gasteiger partial charge is 0.185 e. The Balaban J connectivity index is 1.53. The van der Waals surface area contributed by atoms with Crippen LogP contribution in [0, 0.1) is 0 Å². The Morgan fingerprint density at radius 1 is 1.02 bits per heavy atom.